The maximum atomic E-state index is 14.2. The molecule has 48 heavy (non-hydrogen) atoms. The van der Waals surface area contributed by atoms with Gasteiger partial charge in [-0.1, -0.05) is 43.7 Å². The summed E-state index contributed by atoms with van der Waals surface area (Å²) in [5, 5.41) is 6.58. The van der Waals surface area contributed by atoms with E-state index < -0.39 is 36.4 Å². The monoisotopic (exact) mass is 688 g/mol. The molecule has 1 saturated heterocycles. The lowest BCUT2D eigenvalue weighted by atomic mass is 9.76. The Morgan fingerprint density at radius 1 is 1.04 bits per heavy atom. The molecule has 12 heteroatoms. The number of aromatic nitrogens is 1. The zero-order chi connectivity index (χ0) is 34.6. The Morgan fingerprint density at radius 2 is 1.75 bits per heavy atom. The molecule has 1 aliphatic heterocycles. The lowest BCUT2D eigenvalue weighted by Crippen LogP contribution is -2.50. The average Bonchev–Trinajstić information content (AvgIpc) is 3.65. The van der Waals surface area contributed by atoms with Crippen LogP contribution in [0.3, 0.4) is 0 Å². The fourth-order valence-corrected chi connectivity index (χ4v) is 8.28. The summed E-state index contributed by atoms with van der Waals surface area (Å²) >= 11 is 6.54. The van der Waals surface area contributed by atoms with Crippen LogP contribution in [-0.2, 0) is 19.1 Å². The van der Waals surface area contributed by atoms with Crippen LogP contribution in [0.2, 0.25) is 5.02 Å². The molecule has 5 rings (SSSR count). The molecule has 2 heterocycles. The topological polar surface area (TPSA) is 130 Å². The maximum absolute atomic E-state index is 14.2. The fraction of sp³-hybridized carbons (Fsp3) is 0.667. The Morgan fingerprint density at radius 3 is 2.40 bits per heavy atom. The molecule has 0 unspecified atom stereocenters. The van der Waals surface area contributed by atoms with E-state index in [1.54, 1.807) is 50.8 Å². The largest absolute Gasteiger partial charge is 0.461 e. The number of alkyl carbamates (subject to hydrolysis) is 1. The normalized spacial score (nSPS) is 24.2. The van der Waals surface area contributed by atoms with Crippen molar-refractivity contribution in [2.45, 2.75) is 110 Å². The van der Waals surface area contributed by atoms with Crippen LogP contribution in [-0.4, -0.2) is 71.3 Å². The van der Waals surface area contributed by atoms with Crippen molar-refractivity contribution in [3.05, 3.63) is 28.9 Å². The van der Waals surface area contributed by atoms with Crippen molar-refractivity contribution in [1.29, 1.82) is 0 Å². The van der Waals surface area contributed by atoms with Crippen molar-refractivity contribution < 1.29 is 33.0 Å². The number of likely N-dealkylation sites (tertiary alicyclic amines) is 1. The molecule has 0 spiro atoms. The number of rotatable bonds is 9. The summed E-state index contributed by atoms with van der Waals surface area (Å²) in [7, 11) is 0. The molecular formula is C36H50ClFN4O6. The van der Waals surface area contributed by atoms with Gasteiger partial charge in [0.05, 0.1) is 17.7 Å². The minimum absolute atomic E-state index is 0.0213. The molecule has 264 valence electrons. The third-order valence-electron chi connectivity index (χ3n) is 10.3. The summed E-state index contributed by atoms with van der Waals surface area (Å²) in [5.74, 6) is -0.713. The van der Waals surface area contributed by atoms with Gasteiger partial charge in [0.15, 0.2) is 0 Å². The first-order chi connectivity index (χ1) is 22.9. The van der Waals surface area contributed by atoms with Crippen molar-refractivity contribution in [1.82, 2.24) is 15.2 Å². The van der Waals surface area contributed by atoms with E-state index in [0.29, 0.717) is 54.7 Å². The van der Waals surface area contributed by atoms with Crippen molar-refractivity contribution in [2.24, 2.45) is 23.7 Å². The molecule has 3 fully saturated rings. The van der Waals surface area contributed by atoms with E-state index in [-0.39, 0.29) is 46.9 Å². The molecule has 3 amide bonds. The van der Waals surface area contributed by atoms with Crippen LogP contribution in [0, 0.1) is 23.7 Å². The van der Waals surface area contributed by atoms with Gasteiger partial charge in [0.1, 0.15) is 24.0 Å². The van der Waals surface area contributed by atoms with Gasteiger partial charge < -0.3 is 30.0 Å². The molecule has 0 bridgehead atoms. The Hall–Kier alpha value is -3.34. The highest BCUT2D eigenvalue weighted by Crippen LogP contribution is 2.42. The van der Waals surface area contributed by atoms with Crippen LogP contribution >= 0.6 is 11.6 Å². The van der Waals surface area contributed by atoms with Crippen molar-refractivity contribution in [2.75, 3.05) is 25.1 Å². The molecule has 3 N–H and O–H groups in total. The number of ether oxygens (including phenoxy) is 2. The van der Waals surface area contributed by atoms with Gasteiger partial charge in [0.25, 0.3) is 0 Å². The number of H-pyrrole nitrogens is 1. The Kier molecular flexibility index (Phi) is 11.6. The molecule has 0 radical (unpaired) electrons. The first-order valence-corrected chi connectivity index (χ1v) is 17.9. The highest BCUT2D eigenvalue weighted by molar-refractivity contribution is 6.38. The number of fused-ring (bicyclic) bond motifs is 1. The number of nitrogens with one attached hydrogen (secondary N) is 3. The van der Waals surface area contributed by atoms with Crippen LogP contribution in [0.5, 0.6) is 0 Å². The predicted octanol–water partition coefficient (Wildman–Crippen LogP) is 7.40. The molecule has 3 atom stereocenters. The molecular weight excluding hydrogens is 639 g/mol. The highest BCUT2D eigenvalue weighted by Gasteiger charge is 2.47. The molecule has 1 aromatic heterocycles. The van der Waals surface area contributed by atoms with Crippen molar-refractivity contribution in [3.63, 3.8) is 0 Å². The smallest absolute Gasteiger partial charge is 0.407 e. The summed E-state index contributed by atoms with van der Waals surface area (Å²) in [6, 6.07) is 3.98. The SMILES string of the molecule is CCOC(=O)c1[nH]c2ccc(NC(=O)[C@H]3[C@H](C4CCCCC4)CCN3C(=O)C3CCC([C@@H](CF)NC(=O)OC(C)(C)C)CC3)cc2c1Cl. The first kappa shape index (κ1) is 36.0. The van der Waals surface area contributed by atoms with Gasteiger partial charge in [-0.05, 0) is 95.8 Å². The number of esters is 1. The zero-order valence-electron chi connectivity index (χ0n) is 28.5. The molecule has 1 aromatic carbocycles. The standard InChI is InChI=1S/C36H50ClFN4O6/c1-5-47-34(45)30-29(37)26-19-24(15-16-27(26)40-30)39-32(43)31-25(21-9-7-6-8-10-21)17-18-42(31)33(44)23-13-11-22(12-14-23)28(20-38)41-35(46)48-36(2,3)4/h15-16,19,21-23,25,28,31,40H,5-14,17-18,20H2,1-4H3,(H,39,43)(H,41,46)/t22?,23?,25-,28+,31+/m0/s1. The van der Waals surface area contributed by atoms with Gasteiger partial charge in [-0.3, -0.25) is 9.59 Å². The van der Waals surface area contributed by atoms with E-state index in [1.807, 2.05) is 0 Å². The molecule has 3 aliphatic rings. The summed E-state index contributed by atoms with van der Waals surface area (Å²) in [6.45, 7) is 7.04. The van der Waals surface area contributed by atoms with Gasteiger partial charge in [-0.2, -0.15) is 0 Å². The van der Waals surface area contributed by atoms with E-state index in [1.165, 1.54) is 6.42 Å². The number of aromatic amines is 1. The van der Waals surface area contributed by atoms with E-state index in [9.17, 15) is 23.6 Å². The third kappa shape index (κ3) is 8.26. The molecule has 2 saturated carbocycles. The van der Waals surface area contributed by atoms with Crippen LogP contribution < -0.4 is 10.6 Å². The van der Waals surface area contributed by atoms with Crippen LogP contribution in [0.15, 0.2) is 18.2 Å². The number of anilines is 1. The Balaban J connectivity index is 1.29. The van der Waals surface area contributed by atoms with Crippen LogP contribution in [0.4, 0.5) is 14.9 Å². The molecule has 2 aromatic rings. The minimum atomic E-state index is -0.705. The number of amides is 3. The van der Waals surface area contributed by atoms with E-state index in [4.69, 9.17) is 21.1 Å². The van der Waals surface area contributed by atoms with Gasteiger partial charge >= 0.3 is 12.1 Å². The first-order valence-electron chi connectivity index (χ1n) is 17.5. The molecule has 10 nitrogen and oxygen atoms in total. The lowest BCUT2D eigenvalue weighted by Gasteiger charge is -2.37. The number of nitrogens with zero attached hydrogens (tertiary/aromatic N) is 1. The fourth-order valence-electron chi connectivity index (χ4n) is 8.00. The van der Waals surface area contributed by atoms with Gasteiger partial charge in [-0.25, -0.2) is 14.0 Å². The second-order valence-corrected chi connectivity index (χ2v) is 15.0. The Bertz CT molecular complexity index is 1480. The van der Waals surface area contributed by atoms with Gasteiger partial charge in [-0.15, -0.1) is 0 Å². The highest BCUT2D eigenvalue weighted by atomic mass is 35.5. The van der Waals surface area contributed by atoms with Crippen LogP contribution in [0.25, 0.3) is 10.9 Å². The number of carbonyl (C=O) groups is 4. The summed E-state index contributed by atoms with van der Waals surface area (Å²) in [4.78, 5) is 57.8. The number of hydrogen-bond acceptors (Lipinski definition) is 6. The van der Waals surface area contributed by atoms with Crippen molar-refractivity contribution >= 4 is 52.1 Å². The summed E-state index contributed by atoms with van der Waals surface area (Å²) in [5.41, 5.74) is 0.653. The summed E-state index contributed by atoms with van der Waals surface area (Å²) in [6.07, 6.45) is 8.04. The van der Waals surface area contributed by atoms with E-state index >= 15 is 0 Å². The number of carbonyl (C=O) groups excluding carboxylic acids is 4. The third-order valence-corrected chi connectivity index (χ3v) is 10.7. The van der Waals surface area contributed by atoms with E-state index in [2.05, 4.69) is 15.6 Å². The second kappa shape index (κ2) is 15.5. The van der Waals surface area contributed by atoms with E-state index in [0.717, 1.165) is 32.1 Å². The van der Waals surface area contributed by atoms with Crippen molar-refractivity contribution in [3.8, 4) is 0 Å². The van der Waals surface area contributed by atoms with Gasteiger partial charge in [0, 0.05) is 29.1 Å². The summed E-state index contributed by atoms with van der Waals surface area (Å²) < 4.78 is 24.5. The number of hydrogen-bond donors (Lipinski definition) is 3. The molecule has 2 aliphatic carbocycles. The lowest BCUT2D eigenvalue weighted by molar-refractivity contribution is -0.142. The average molecular weight is 689 g/mol. The predicted molar refractivity (Wildman–Crippen MR) is 183 cm³/mol. The zero-order valence-corrected chi connectivity index (χ0v) is 29.3. The van der Waals surface area contributed by atoms with Crippen LogP contribution in [0.1, 0.15) is 102 Å². The second-order valence-electron chi connectivity index (χ2n) is 14.6. The number of halogens is 2. The Labute approximate surface area is 287 Å². The minimum Gasteiger partial charge on any atom is -0.461 e. The quantitative estimate of drug-likeness (QED) is 0.236. The number of alkyl halides is 1. The maximum Gasteiger partial charge on any atom is 0.407 e. The number of benzene rings is 1. The van der Waals surface area contributed by atoms with Gasteiger partial charge in [0.2, 0.25) is 11.8 Å².